The Bertz CT molecular complexity index is 1120. The topological polar surface area (TPSA) is 148 Å². The number of benzene rings is 2. The van der Waals surface area contributed by atoms with E-state index in [0.717, 1.165) is 31.1 Å². The molecule has 206 valence electrons. The van der Waals surface area contributed by atoms with Crippen LogP contribution in [0.4, 0.5) is 0 Å². The van der Waals surface area contributed by atoms with Gasteiger partial charge in [-0.15, -0.1) is 0 Å². The molecule has 1 saturated carbocycles. The molecule has 1 heterocycles. The maximum Gasteiger partial charge on any atom is 0.335 e. The Hall–Kier alpha value is -3.14. The van der Waals surface area contributed by atoms with Gasteiger partial charge in [-0.2, -0.15) is 0 Å². The minimum Gasteiger partial charge on any atom is -0.508 e. The predicted molar refractivity (Wildman–Crippen MR) is 139 cm³/mol. The van der Waals surface area contributed by atoms with E-state index in [1.165, 1.54) is 55.3 Å². The van der Waals surface area contributed by atoms with Crippen LogP contribution in [0.15, 0.2) is 42.5 Å². The first-order valence-corrected chi connectivity index (χ1v) is 13.2. The highest BCUT2D eigenvalue weighted by Gasteiger charge is 2.53. The number of aliphatic carboxylic acids is 2. The van der Waals surface area contributed by atoms with Crippen molar-refractivity contribution in [3.8, 4) is 11.5 Å². The molecule has 9 heteroatoms. The molecule has 2 aromatic rings. The van der Waals surface area contributed by atoms with Crippen LogP contribution in [0.2, 0.25) is 0 Å². The van der Waals surface area contributed by atoms with E-state index in [2.05, 4.69) is 41.3 Å². The standard InChI is InChI=1S/C25H31NO2.C4H6O6/c1-28-21-9-5-18(6-10-21)11-14-26-15-13-25-12-3-2-4-22(25)24(26)16-19-7-8-20(27)17-23(19)25;5-1(3(7)8)2(6)4(9)10/h5-10,17,22,24,27H,2-4,11-16H2,1H3;1-2,5-6H,(H,7,8)(H,9,10)/t22-,24+,25+;/m0./s1. The molecule has 5 rings (SSSR count). The first-order chi connectivity index (χ1) is 18.2. The zero-order valence-corrected chi connectivity index (χ0v) is 21.6. The van der Waals surface area contributed by atoms with Crippen LogP contribution in [0, 0.1) is 5.92 Å². The maximum atomic E-state index is 10.2. The number of nitrogens with zero attached hydrogens (tertiary/aromatic N) is 1. The van der Waals surface area contributed by atoms with Crippen LogP contribution in [0.25, 0.3) is 0 Å². The number of methoxy groups -OCH3 is 1. The molecule has 2 unspecified atom stereocenters. The van der Waals surface area contributed by atoms with Gasteiger partial charge in [0.1, 0.15) is 11.5 Å². The van der Waals surface area contributed by atoms with Crippen LogP contribution in [-0.2, 0) is 27.8 Å². The molecule has 0 spiro atoms. The van der Waals surface area contributed by atoms with Crippen LogP contribution in [0.3, 0.4) is 0 Å². The lowest BCUT2D eigenvalue weighted by atomic mass is 9.52. The Kier molecular flexibility index (Phi) is 8.60. The SMILES string of the molecule is COc1ccc(CCN2CC[C@]34CCCC[C@H]3[C@H]2Cc2ccc(O)cc24)cc1.O=C(O)C(O)C(O)C(=O)O. The quantitative estimate of drug-likeness (QED) is 0.366. The fourth-order valence-corrected chi connectivity index (χ4v) is 6.69. The minimum atomic E-state index is -2.27. The van der Waals surface area contributed by atoms with Crippen LogP contribution in [-0.4, -0.2) is 80.8 Å². The first-order valence-electron chi connectivity index (χ1n) is 13.2. The number of phenols is 1. The number of fused-ring (bicyclic) bond motifs is 1. The van der Waals surface area contributed by atoms with Gasteiger partial charge in [-0.25, -0.2) is 9.59 Å². The molecule has 9 nitrogen and oxygen atoms in total. The van der Waals surface area contributed by atoms with E-state index in [0.29, 0.717) is 17.2 Å². The summed E-state index contributed by atoms with van der Waals surface area (Å²) in [5.41, 5.74) is 4.66. The average molecular weight is 528 g/mol. The summed E-state index contributed by atoms with van der Waals surface area (Å²) in [6.07, 6.45) is 4.30. The van der Waals surface area contributed by atoms with Crippen LogP contribution >= 0.6 is 0 Å². The zero-order valence-electron chi connectivity index (χ0n) is 21.6. The fourth-order valence-electron chi connectivity index (χ4n) is 6.69. The van der Waals surface area contributed by atoms with Gasteiger partial charge in [-0.05, 0) is 85.5 Å². The number of hydrogen-bond donors (Lipinski definition) is 5. The number of aromatic hydroxyl groups is 1. The summed E-state index contributed by atoms with van der Waals surface area (Å²) in [4.78, 5) is 22.3. The molecule has 0 aromatic heterocycles. The third-order valence-corrected chi connectivity index (χ3v) is 8.59. The molecular formula is C29H37NO8. The van der Waals surface area contributed by atoms with Gasteiger partial charge >= 0.3 is 11.9 Å². The van der Waals surface area contributed by atoms with E-state index >= 15 is 0 Å². The fraction of sp³-hybridized carbons (Fsp3) is 0.517. The molecule has 2 bridgehead atoms. The highest BCUT2D eigenvalue weighted by Crippen LogP contribution is 2.56. The number of hydrogen-bond acceptors (Lipinski definition) is 7. The molecule has 5 atom stereocenters. The molecule has 2 aromatic carbocycles. The molecule has 38 heavy (non-hydrogen) atoms. The lowest BCUT2D eigenvalue weighted by Gasteiger charge is -2.59. The lowest BCUT2D eigenvalue weighted by molar-refractivity contribution is -0.165. The van der Waals surface area contributed by atoms with E-state index in [1.54, 1.807) is 7.11 Å². The third-order valence-electron chi connectivity index (χ3n) is 8.59. The average Bonchev–Trinajstić information content (AvgIpc) is 2.92. The summed E-state index contributed by atoms with van der Waals surface area (Å²) in [7, 11) is 1.72. The number of carbonyl (C=O) groups is 2. The van der Waals surface area contributed by atoms with Crippen molar-refractivity contribution in [3.63, 3.8) is 0 Å². The van der Waals surface area contributed by atoms with E-state index in [-0.39, 0.29) is 0 Å². The van der Waals surface area contributed by atoms with E-state index in [1.807, 2.05) is 6.07 Å². The molecule has 5 N–H and O–H groups in total. The second kappa shape index (κ2) is 11.7. The largest absolute Gasteiger partial charge is 0.508 e. The molecule has 2 fully saturated rings. The van der Waals surface area contributed by atoms with Gasteiger partial charge in [-0.1, -0.05) is 31.0 Å². The van der Waals surface area contributed by atoms with Crippen LogP contribution in [0.5, 0.6) is 11.5 Å². The van der Waals surface area contributed by atoms with Crippen molar-refractivity contribution in [2.45, 2.75) is 68.6 Å². The summed E-state index contributed by atoms with van der Waals surface area (Å²) >= 11 is 0. The van der Waals surface area contributed by atoms with Crippen LogP contribution in [0.1, 0.15) is 48.8 Å². The van der Waals surface area contributed by atoms with Gasteiger partial charge in [0.15, 0.2) is 12.2 Å². The summed E-state index contributed by atoms with van der Waals surface area (Å²) < 4.78 is 5.29. The van der Waals surface area contributed by atoms with Crippen molar-refractivity contribution in [2.75, 3.05) is 20.2 Å². The number of piperidine rings is 1. The molecule has 1 aliphatic heterocycles. The van der Waals surface area contributed by atoms with Crippen molar-refractivity contribution in [1.29, 1.82) is 0 Å². The Morgan fingerprint density at radius 3 is 2.34 bits per heavy atom. The second-order valence-electron chi connectivity index (χ2n) is 10.6. The Morgan fingerprint density at radius 1 is 1.03 bits per heavy atom. The normalized spacial score (nSPS) is 25.6. The van der Waals surface area contributed by atoms with Gasteiger partial charge in [0, 0.05) is 18.0 Å². The summed E-state index contributed by atoms with van der Waals surface area (Å²) in [5, 5.41) is 42.7. The Morgan fingerprint density at radius 2 is 1.71 bits per heavy atom. The van der Waals surface area contributed by atoms with Crippen molar-refractivity contribution in [2.24, 2.45) is 5.92 Å². The first kappa shape index (κ1) is 27.9. The van der Waals surface area contributed by atoms with Crippen molar-refractivity contribution >= 4 is 11.9 Å². The number of likely N-dealkylation sites (tertiary alicyclic amines) is 1. The Labute approximate surface area is 222 Å². The van der Waals surface area contributed by atoms with Gasteiger partial charge in [0.05, 0.1) is 7.11 Å². The van der Waals surface area contributed by atoms with Gasteiger partial charge in [0.2, 0.25) is 0 Å². The van der Waals surface area contributed by atoms with Gasteiger partial charge in [-0.3, -0.25) is 4.90 Å². The number of phenolic OH excluding ortho intramolecular Hbond substituents is 1. The molecular weight excluding hydrogens is 490 g/mol. The molecule has 1 saturated heterocycles. The van der Waals surface area contributed by atoms with Gasteiger partial charge < -0.3 is 30.3 Å². The molecule has 0 radical (unpaired) electrons. The van der Waals surface area contributed by atoms with E-state index < -0.39 is 24.1 Å². The Balaban J connectivity index is 0.000000289. The number of rotatable bonds is 7. The molecule has 2 aliphatic carbocycles. The number of ether oxygens (including phenoxy) is 1. The number of aliphatic hydroxyl groups is 2. The maximum absolute atomic E-state index is 10.2. The summed E-state index contributed by atoms with van der Waals surface area (Å²) in [5.74, 6) is -1.41. The number of carboxylic acids is 2. The highest BCUT2D eigenvalue weighted by molar-refractivity contribution is 5.83. The second-order valence-corrected chi connectivity index (χ2v) is 10.6. The monoisotopic (exact) mass is 527 g/mol. The van der Waals surface area contributed by atoms with Crippen molar-refractivity contribution in [1.82, 2.24) is 4.90 Å². The van der Waals surface area contributed by atoms with E-state index in [9.17, 15) is 14.7 Å². The van der Waals surface area contributed by atoms with Crippen molar-refractivity contribution < 1.29 is 39.9 Å². The third kappa shape index (κ3) is 5.65. The summed E-state index contributed by atoms with van der Waals surface area (Å²) in [6, 6.07) is 15.4. The minimum absolute atomic E-state index is 0.311. The van der Waals surface area contributed by atoms with Crippen molar-refractivity contribution in [3.05, 3.63) is 59.2 Å². The van der Waals surface area contributed by atoms with Gasteiger partial charge in [0.25, 0.3) is 0 Å². The molecule has 0 amide bonds. The lowest BCUT2D eigenvalue weighted by Crippen LogP contribution is -2.61. The van der Waals surface area contributed by atoms with Crippen LogP contribution < -0.4 is 4.74 Å². The summed E-state index contributed by atoms with van der Waals surface area (Å²) in [6.45, 7) is 2.32. The predicted octanol–water partition coefficient (Wildman–Crippen LogP) is 2.58. The molecule has 3 aliphatic rings. The highest BCUT2D eigenvalue weighted by atomic mass is 16.5. The number of aliphatic hydroxyl groups excluding tert-OH is 2. The smallest absolute Gasteiger partial charge is 0.335 e. The number of carboxylic acid groups (broad SMARTS) is 2. The zero-order chi connectivity index (χ0) is 27.4. The van der Waals surface area contributed by atoms with E-state index in [4.69, 9.17) is 25.2 Å².